The molecule has 0 bridgehead atoms. The summed E-state index contributed by atoms with van der Waals surface area (Å²) >= 11 is 1.62. The van der Waals surface area contributed by atoms with E-state index in [1.54, 1.807) is 23.8 Å². The number of ether oxygens (including phenoxy) is 1. The normalized spacial score (nSPS) is 19.0. The van der Waals surface area contributed by atoms with Crippen molar-refractivity contribution in [3.05, 3.63) is 65.7 Å². The summed E-state index contributed by atoms with van der Waals surface area (Å²) in [6.07, 6.45) is 0.371. The third kappa shape index (κ3) is 4.45. The largest absolute Gasteiger partial charge is 0.497 e. The average Bonchev–Trinajstić information content (AvgIpc) is 3.17. The highest BCUT2D eigenvalue weighted by atomic mass is 32.2. The Kier molecular flexibility index (Phi) is 6.40. The van der Waals surface area contributed by atoms with Gasteiger partial charge in [0.05, 0.1) is 7.11 Å². The predicted molar refractivity (Wildman–Crippen MR) is 107 cm³/mol. The van der Waals surface area contributed by atoms with Crippen molar-refractivity contribution in [1.29, 1.82) is 0 Å². The zero-order chi connectivity index (χ0) is 19.2. The maximum Gasteiger partial charge on any atom is 0.243 e. The van der Waals surface area contributed by atoms with E-state index in [4.69, 9.17) is 4.74 Å². The molecule has 142 valence electrons. The number of nitrogens with zero attached hydrogens (tertiary/aromatic N) is 1. The zero-order valence-corrected chi connectivity index (χ0v) is 16.4. The molecule has 1 aliphatic rings. The van der Waals surface area contributed by atoms with Crippen molar-refractivity contribution in [1.82, 2.24) is 10.2 Å². The lowest BCUT2D eigenvalue weighted by atomic mass is 10.1. The van der Waals surface area contributed by atoms with E-state index in [2.05, 4.69) is 5.32 Å². The van der Waals surface area contributed by atoms with Gasteiger partial charge in [0.25, 0.3) is 0 Å². The van der Waals surface area contributed by atoms with Crippen LogP contribution in [0.3, 0.4) is 0 Å². The molecule has 1 N–H and O–H groups in total. The molecule has 3 rings (SSSR count). The summed E-state index contributed by atoms with van der Waals surface area (Å²) in [7, 11) is 1.62. The summed E-state index contributed by atoms with van der Waals surface area (Å²) in [5.41, 5.74) is 2.04. The van der Waals surface area contributed by atoms with Gasteiger partial charge < -0.3 is 15.0 Å². The first-order valence-electron chi connectivity index (χ1n) is 9.02. The van der Waals surface area contributed by atoms with Crippen molar-refractivity contribution in [2.75, 3.05) is 12.9 Å². The Morgan fingerprint density at radius 1 is 1.15 bits per heavy atom. The molecule has 1 heterocycles. The van der Waals surface area contributed by atoms with Gasteiger partial charge in [0.1, 0.15) is 17.2 Å². The number of amides is 2. The van der Waals surface area contributed by atoms with Crippen molar-refractivity contribution in [2.24, 2.45) is 0 Å². The van der Waals surface area contributed by atoms with Gasteiger partial charge in [0.2, 0.25) is 11.8 Å². The summed E-state index contributed by atoms with van der Waals surface area (Å²) in [4.78, 5) is 27.1. The van der Waals surface area contributed by atoms with Gasteiger partial charge in [-0.2, -0.15) is 0 Å². The van der Waals surface area contributed by atoms with E-state index in [0.717, 1.165) is 16.9 Å². The number of hydrogen-bond acceptors (Lipinski definition) is 4. The highest BCUT2D eigenvalue weighted by Crippen LogP contribution is 2.42. The fraction of sp³-hybridized carbons (Fsp3) is 0.333. The molecule has 1 saturated heterocycles. The quantitative estimate of drug-likeness (QED) is 0.830. The highest BCUT2D eigenvalue weighted by molar-refractivity contribution is 7.99. The third-order valence-electron chi connectivity index (χ3n) is 4.60. The van der Waals surface area contributed by atoms with Crippen LogP contribution in [-0.4, -0.2) is 35.6 Å². The number of carbonyl (C=O) groups excluding carboxylic acids is 2. The van der Waals surface area contributed by atoms with E-state index in [1.165, 1.54) is 0 Å². The second kappa shape index (κ2) is 8.95. The molecule has 2 amide bonds. The van der Waals surface area contributed by atoms with Gasteiger partial charge in [0, 0.05) is 18.7 Å². The molecule has 5 nitrogen and oxygen atoms in total. The minimum Gasteiger partial charge on any atom is -0.497 e. The van der Waals surface area contributed by atoms with E-state index in [9.17, 15) is 9.59 Å². The monoisotopic (exact) mass is 384 g/mol. The Morgan fingerprint density at radius 3 is 2.48 bits per heavy atom. The number of carbonyl (C=O) groups is 2. The predicted octanol–water partition coefficient (Wildman–Crippen LogP) is 3.36. The molecule has 0 aromatic heterocycles. The molecule has 2 aromatic rings. The molecule has 27 heavy (non-hydrogen) atoms. The van der Waals surface area contributed by atoms with Gasteiger partial charge >= 0.3 is 0 Å². The van der Waals surface area contributed by atoms with Crippen LogP contribution in [0.2, 0.25) is 0 Å². The van der Waals surface area contributed by atoms with E-state index in [-0.39, 0.29) is 17.2 Å². The topological polar surface area (TPSA) is 58.6 Å². The fourth-order valence-electron chi connectivity index (χ4n) is 3.12. The highest BCUT2D eigenvalue weighted by Gasteiger charge is 2.41. The Balaban J connectivity index is 1.74. The number of hydrogen-bond donors (Lipinski definition) is 1. The minimum atomic E-state index is -0.460. The second-order valence-electron chi connectivity index (χ2n) is 6.33. The summed E-state index contributed by atoms with van der Waals surface area (Å²) in [5.74, 6) is 1.24. The van der Waals surface area contributed by atoms with Gasteiger partial charge in [-0.1, -0.05) is 49.4 Å². The average molecular weight is 385 g/mol. The second-order valence-corrected chi connectivity index (χ2v) is 7.45. The van der Waals surface area contributed by atoms with Gasteiger partial charge in [-0.25, -0.2) is 0 Å². The molecule has 0 radical (unpaired) electrons. The maximum absolute atomic E-state index is 12.8. The van der Waals surface area contributed by atoms with Crippen LogP contribution in [0.4, 0.5) is 0 Å². The smallest absolute Gasteiger partial charge is 0.243 e. The first-order chi connectivity index (χ1) is 13.1. The van der Waals surface area contributed by atoms with Crippen molar-refractivity contribution in [3.63, 3.8) is 0 Å². The molecule has 0 aliphatic carbocycles. The summed E-state index contributed by atoms with van der Waals surface area (Å²) < 4.78 is 5.21. The van der Waals surface area contributed by atoms with Crippen molar-refractivity contribution in [3.8, 4) is 5.75 Å². The van der Waals surface area contributed by atoms with Crippen molar-refractivity contribution >= 4 is 23.6 Å². The Bertz CT molecular complexity index is 780. The lowest BCUT2D eigenvalue weighted by Crippen LogP contribution is -2.47. The van der Waals surface area contributed by atoms with Crippen LogP contribution >= 0.6 is 11.8 Å². The molecule has 1 aliphatic heterocycles. The van der Waals surface area contributed by atoms with Crippen LogP contribution in [0.25, 0.3) is 0 Å². The summed E-state index contributed by atoms with van der Waals surface area (Å²) in [6.45, 7) is 2.29. The molecule has 2 unspecified atom stereocenters. The first kappa shape index (κ1) is 19.3. The zero-order valence-electron chi connectivity index (χ0n) is 15.6. The van der Waals surface area contributed by atoms with Crippen LogP contribution in [0.15, 0.2) is 54.6 Å². The number of thioether (sulfide) groups is 1. The third-order valence-corrected chi connectivity index (χ3v) is 5.93. The number of nitrogens with one attached hydrogen (secondary N) is 1. The molecule has 0 saturated carbocycles. The summed E-state index contributed by atoms with van der Waals surface area (Å²) in [5, 5.41) is 2.82. The fourth-order valence-corrected chi connectivity index (χ4v) is 4.57. The Labute approximate surface area is 164 Å². The number of benzene rings is 2. The molecule has 1 fully saturated rings. The first-order valence-corrected chi connectivity index (χ1v) is 10.1. The molecule has 2 aromatic carbocycles. The number of rotatable bonds is 6. The van der Waals surface area contributed by atoms with E-state index >= 15 is 0 Å². The lowest BCUT2D eigenvalue weighted by molar-refractivity contribution is -0.139. The van der Waals surface area contributed by atoms with Crippen molar-refractivity contribution < 1.29 is 14.3 Å². The molecule has 0 spiro atoms. The van der Waals surface area contributed by atoms with Gasteiger partial charge in [-0.3, -0.25) is 9.59 Å². The van der Waals surface area contributed by atoms with Gasteiger partial charge in [-0.15, -0.1) is 11.8 Å². The van der Waals surface area contributed by atoms with E-state index in [1.807, 2.05) is 61.5 Å². The lowest BCUT2D eigenvalue weighted by Gasteiger charge is -2.29. The number of methoxy groups -OCH3 is 1. The molecule has 2 atom stereocenters. The van der Waals surface area contributed by atoms with Crippen LogP contribution in [0.5, 0.6) is 5.75 Å². The summed E-state index contributed by atoms with van der Waals surface area (Å²) in [6, 6.07) is 17.0. The molecule has 6 heteroatoms. The van der Waals surface area contributed by atoms with Crippen molar-refractivity contribution in [2.45, 2.75) is 31.3 Å². The van der Waals surface area contributed by atoms with Crippen LogP contribution in [-0.2, 0) is 16.1 Å². The minimum absolute atomic E-state index is 0.0133. The maximum atomic E-state index is 12.8. The molecular formula is C21H24N2O3S. The molecular weight excluding hydrogens is 360 g/mol. The SMILES string of the molecule is CCC(=O)N1C(C(=O)NCc2ccccc2)CSC1c1ccc(OC)cc1. The van der Waals surface area contributed by atoms with Crippen LogP contribution < -0.4 is 10.1 Å². The van der Waals surface area contributed by atoms with Gasteiger partial charge in [-0.05, 0) is 23.3 Å². The Morgan fingerprint density at radius 2 is 1.85 bits per heavy atom. The van der Waals surface area contributed by atoms with Gasteiger partial charge in [0.15, 0.2) is 0 Å². The van der Waals surface area contributed by atoms with E-state index < -0.39 is 6.04 Å². The van der Waals surface area contributed by atoms with Crippen LogP contribution in [0, 0.1) is 0 Å². The van der Waals surface area contributed by atoms with Crippen LogP contribution in [0.1, 0.15) is 29.8 Å². The standard InChI is InChI=1S/C21H24N2O3S/c1-3-19(24)23-18(20(25)22-13-15-7-5-4-6-8-15)14-27-21(23)16-9-11-17(26-2)12-10-16/h4-12,18,21H,3,13-14H2,1-2H3,(H,22,25). The van der Waals surface area contributed by atoms with E-state index in [0.29, 0.717) is 18.7 Å². The Hall–Kier alpha value is -2.47.